The van der Waals surface area contributed by atoms with Gasteiger partial charge in [-0.25, -0.2) is 4.39 Å². The lowest BCUT2D eigenvalue weighted by atomic mass is 10.2. The second-order valence-electron chi connectivity index (χ2n) is 5.48. The van der Waals surface area contributed by atoms with Crippen molar-refractivity contribution in [2.75, 3.05) is 51.8 Å². The molecule has 0 saturated carbocycles. The highest BCUT2D eigenvalue weighted by atomic mass is 19.1. The Morgan fingerprint density at radius 3 is 2.57 bits per heavy atom. The summed E-state index contributed by atoms with van der Waals surface area (Å²) in [6.45, 7) is 2.90. The van der Waals surface area contributed by atoms with Gasteiger partial charge in [0.15, 0.2) is 0 Å². The van der Waals surface area contributed by atoms with E-state index in [0.717, 1.165) is 5.69 Å². The van der Waals surface area contributed by atoms with E-state index in [9.17, 15) is 9.18 Å². The fourth-order valence-corrected chi connectivity index (χ4v) is 2.70. The number of benzene rings is 1. The van der Waals surface area contributed by atoms with Crippen LogP contribution in [0.15, 0.2) is 18.2 Å². The molecule has 0 radical (unpaired) electrons. The van der Waals surface area contributed by atoms with Crippen LogP contribution >= 0.6 is 0 Å². The molecule has 0 spiro atoms. The molecule has 1 amide bonds. The molecule has 2 N–H and O–H groups in total. The van der Waals surface area contributed by atoms with E-state index in [1.54, 1.807) is 13.2 Å². The highest BCUT2D eigenvalue weighted by molar-refractivity contribution is 5.77. The number of carbonyl (C=O) groups excluding carboxylic acids is 1. The van der Waals surface area contributed by atoms with Crippen LogP contribution < -0.4 is 15.4 Å². The van der Waals surface area contributed by atoms with Gasteiger partial charge in [0.25, 0.3) is 0 Å². The predicted octanol–water partition coefficient (Wildman–Crippen LogP) is 0.847. The predicted molar refractivity (Wildman–Crippen MR) is 86.2 cm³/mol. The zero-order chi connectivity index (χ0) is 16.8. The molecule has 1 aliphatic heterocycles. The molecular formula is C16H24FN3O3. The maximum atomic E-state index is 13.3. The first-order chi connectivity index (χ1) is 11.1. The Morgan fingerprint density at radius 2 is 2.00 bits per heavy atom. The minimum Gasteiger partial charge on any atom is -0.494 e. The normalized spacial score (nSPS) is 16.3. The zero-order valence-corrected chi connectivity index (χ0v) is 13.6. The van der Waals surface area contributed by atoms with Gasteiger partial charge in [-0.05, 0) is 12.1 Å². The van der Waals surface area contributed by atoms with E-state index in [-0.39, 0.29) is 17.8 Å². The lowest BCUT2D eigenvalue weighted by molar-refractivity contribution is -0.133. The number of hydrogen-bond donors (Lipinski definition) is 1. The van der Waals surface area contributed by atoms with Crippen molar-refractivity contribution in [2.45, 2.75) is 12.5 Å². The largest absolute Gasteiger partial charge is 0.494 e. The highest BCUT2D eigenvalue weighted by Gasteiger charge is 2.24. The SMILES string of the molecule is COc1cc(F)ccc1N1CCN(C(=O)CC(CN)OC)CC1. The summed E-state index contributed by atoms with van der Waals surface area (Å²) in [5.74, 6) is 0.229. The molecule has 0 bridgehead atoms. The van der Waals surface area contributed by atoms with Gasteiger partial charge in [-0.3, -0.25) is 4.79 Å². The van der Waals surface area contributed by atoms with E-state index in [1.165, 1.54) is 19.2 Å². The number of piperazine rings is 1. The summed E-state index contributed by atoms with van der Waals surface area (Å²) in [7, 11) is 3.08. The second kappa shape index (κ2) is 8.12. The van der Waals surface area contributed by atoms with E-state index < -0.39 is 0 Å². The van der Waals surface area contributed by atoms with Crippen molar-refractivity contribution in [1.29, 1.82) is 0 Å². The fraction of sp³-hybridized carbons (Fsp3) is 0.562. The van der Waals surface area contributed by atoms with E-state index in [0.29, 0.717) is 44.9 Å². The third kappa shape index (κ3) is 4.33. The number of hydrogen-bond acceptors (Lipinski definition) is 5. The molecular weight excluding hydrogens is 301 g/mol. The average Bonchev–Trinajstić information content (AvgIpc) is 2.59. The summed E-state index contributed by atoms with van der Waals surface area (Å²) in [4.78, 5) is 16.1. The van der Waals surface area contributed by atoms with E-state index >= 15 is 0 Å². The van der Waals surface area contributed by atoms with Crippen LogP contribution in [-0.2, 0) is 9.53 Å². The molecule has 1 fully saturated rings. The number of methoxy groups -OCH3 is 2. The Bertz CT molecular complexity index is 529. The van der Waals surface area contributed by atoms with Gasteiger partial charge in [0.1, 0.15) is 11.6 Å². The van der Waals surface area contributed by atoms with Crippen LogP contribution in [0.2, 0.25) is 0 Å². The van der Waals surface area contributed by atoms with Crippen molar-refractivity contribution in [2.24, 2.45) is 5.73 Å². The second-order valence-corrected chi connectivity index (χ2v) is 5.48. The molecule has 1 atom stereocenters. The molecule has 6 nitrogen and oxygen atoms in total. The average molecular weight is 325 g/mol. The van der Waals surface area contributed by atoms with Crippen LogP contribution in [0.3, 0.4) is 0 Å². The molecule has 1 aliphatic rings. The Morgan fingerprint density at radius 1 is 1.30 bits per heavy atom. The van der Waals surface area contributed by atoms with Crippen LogP contribution in [0, 0.1) is 5.82 Å². The van der Waals surface area contributed by atoms with Crippen molar-refractivity contribution in [3.63, 3.8) is 0 Å². The number of anilines is 1. The Kier molecular flexibility index (Phi) is 6.18. The molecule has 1 saturated heterocycles. The van der Waals surface area contributed by atoms with Crippen molar-refractivity contribution in [1.82, 2.24) is 4.90 Å². The quantitative estimate of drug-likeness (QED) is 0.840. The first-order valence-corrected chi connectivity index (χ1v) is 7.68. The smallest absolute Gasteiger partial charge is 0.225 e. The first-order valence-electron chi connectivity index (χ1n) is 7.68. The maximum Gasteiger partial charge on any atom is 0.225 e. The van der Waals surface area contributed by atoms with Crippen LogP contribution in [-0.4, -0.2) is 63.9 Å². The van der Waals surface area contributed by atoms with Gasteiger partial charge in [-0.1, -0.05) is 0 Å². The van der Waals surface area contributed by atoms with Gasteiger partial charge in [0.05, 0.1) is 25.3 Å². The Balaban J connectivity index is 1.95. The number of rotatable bonds is 6. The third-order valence-electron chi connectivity index (χ3n) is 4.11. The summed E-state index contributed by atoms with van der Waals surface area (Å²) < 4.78 is 23.7. The minimum absolute atomic E-state index is 0.0491. The number of nitrogens with zero attached hydrogens (tertiary/aromatic N) is 2. The molecule has 1 aromatic carbocycles. The lowest BCUT2D eigenvalue weighted by Gasteiger charge is -2.37. The number of ether oxygens (including phenoxy) is 2. The first kappa shape index (κ1) is 17.5. The molecule has 1 unspecified atom stereocenters. The number of halogens is 1. The van der Waals surface area contributed by atoms with Gasteiger partial charge in [-0.15, -0.1) is 0 Å². The van der Waals surface area contributed by atoms with Gasteiger partial charge < -0.3 is 25.0 Å². The number of carbonyl (C=O) groups is 1. The van der Waals surface area contributed by atoms with Crippen molar-refractivity contribution >= 4 is 11.6 Å². The summed E-state index contributed by atoms with van der Waals surface area (Å²) >= 11 is 0. The molecule has 1 aromatic rings. The summed E-state index contributed by atoms with van der Waals surface area (Å²) in [6, 6.07) is 4.50. The lowest BCUT2D eigenvalue weighted by Crippen LogP contribution is -2.49. The Labute approximate surface area is 135 Å². The van der Waals surface area contributed by atoms with Crippen molar-refractivity contribution < 1.29 is 18.7 Å². The van der Waals surface area contributed by atoms with Gasteiger partial charge in [0, 0.05) is 45.9 Å². The maximum absolute atomic E-state index is 13.3. The molecule has 0 aromatic heterocycles. The molecule has 1 heterocycles. The monoisotopic (exact) mass is 325 g/mol. The summed E-state index contributed by atoms with van der Waals surface area (Å²) in [5, 5.41) is 0. The van der Waals surface area contributed by atoms with Gasteiger partial charge >= 0.3 is 0 Å². The number of amides is 1. The summed E-state index contributed by atoms with van der Waals surface area (Å²) in [5.41, 5.74) is 6.40. The fourth-order valence-electron chi connectivity index (χ4n) is 2.70. The molecule has 128 valence electrons. The zero-order valence-electron chi connectivity index (χ0n) is 13.6. The van der Waals surface area contributed by atoms with Gasteiger partial charge in [0.2, 0.25) is 5.91 Å². The molecule has 7 heteroatoms. The van der Waals surface area contributed by atoms with E-state index in [1.807, 2.05) is 4.90 Å². The van der Waals surface area contributed by atoms with E-state index in [4.69, 9.17) is 15.2 Å². The highest BCUT2D eigenvalue weighted by Crippen LogP contribution is 2.29. The van der Waals surface area contributed by atoms with E-state index in [2.05, 4.69) is 4.90 Å². The van der Waals surface area contributed by atoms with Gasteiger partial charge in [-0.2, -0.15) is 0 Å². The van der Waals surface area contributed by atoms with Crippen LogP contribution in [0.5, 0.6) is 5.75 Å². The number of nitrogens with two attached hydrogens (primary N) is 1. The molecule has 2 rings (SSSR count). The Hall–Kier alpha value is -1.86. The van der Waals surface area contributed by atoms with Crippen LogP contribution in [0.4, 0.5) is 10.1 Å². The van der Waals surface area contributed by atoms with Crippen LogP contribution in [0.1, 0.15) is 6.42 Å². The third-order valence-corrected chi connectivity index (χ3v) is 4.11. The molecule has 0 aliphatic carbocycles. The summed E-state index contributed by atoms with van der Waals surface area (Å²) in [6.07, 6.45) is 0.0603. The standard InChI is InChI=1S/C16H24FN3O3/c1-22-13(11-18)10-16(21)20-7-5-19(6-8-20)14-4-3-12(17)9-15(14)23-2/h3-4,9,13H,5-8,10-11,18H2,1-2H3. The minimum atomic E-state index is -0.327. The topological polar surface area (TPSA) is 68.0 Å². The molecule has 23 heavy (non-hydrogen) atoms. The van der Waals surface area contributed by atoms with Crippen molar-refractivity contribution in [3.05, 3.63) is 24.0 Å². The van der Waals surface area contributed by atoms with Crippen LogP contribution in [0.25, 0.3) is 0 Å². The van der Waals surface area contributed by atoms with Crippen molar-refractivity contribution in [3.8, 4) is 5.75 Å².